The second kappa shape index (κ2) is 4.82. The maximum atomic E-state index is 11.8. The van der Waals surface area contributed by atoms with Gasteiger partial charge in [-0.2, -0.15) is 0 Å². The molecule has 0 aliphatic heterocycles. The van der Waals surface area contributed by atoms with Crippen LogP contribution >= 0.6 is 0 Å². The summed E-state index contributed by atoms with van der Waals surface area (Å²) in [6.45, 7) is 2.90. The van der Waals surface area contributed by atoms with Gasteiger partial charge in [-0.25, -0.2) is 9.78 Å². The van der Waals surface area contributed by atoms with Crippen LogP contribution in [-0.4, -0.2) is 33.4 Å². The molecule has 1 aromatic rings. The molecule has 0 aliphatic carbocycles. The molecule has 0 spiro atoms. The molecular weight excluding hydrogens is 238 g/mol. The van der Waals surface area contributed by atoms with Crippen molar-refractivity contribution >= 4 is 17.8 Å². The zero-order valence-corrected chi connectivity index (χ0v) is 9.93. The van der Waals surface area contributed by atoms with Crippen molar-refractivity contribution in [1.29, 1.82) is 0 Å². The predicted molar refractivity (Wildman–Crippen MR) is 61.9 cm³/mol. The minimum atomic E-state index is -1.24. The zero-order valence-electron chi connectivity index (χ0n) is 9.93. The van der Waals surface area contributed by atoms with Crippen molar-refractivity contribution < 1.29 is 19.5 Å². The Morgan fingerprint density at radius 2 is 2.00 bits per heavy atom. The number of nitrogens with one attached hydrogen (secondary N) is 1. The van der Waals surface area contributed by atoms with Crippen LogP contribution in [0, 0.1) is 0 Å². The van der Waals surface area contributed by atoms with Crippen LogP contribution in [0.4, 0.5) is 0 Å². The van der Waals surface area contributed by atoms with E-state index in [1.54, 1.807) is 0 Å². The number of primary amides is 1. The molecule has 2 amide bonds. The zero-order chi connectivity index (χ0) is 13.9. The first kappa shape index (κ1) is 13.6. The molecule has 0 radical (unpaired) electrons. The highest BCUT2D eigenvalue weighted by atomic mass is 16.4. The highest BCUT2D eigenvalue weighted by Gasteiger charge is 2.27. The highest BCUT2D eigenvalue weighted by molar-refractivity contribution is 5.99. The minimum absolute atomic E-state index is 0.0942. The normalized spacial score (nSPS) is 10.8. The van der Waals surface area contributed by atoms with Crippen LogP contribution in [-0.2, 0) is 4.79 Å². The number of rotatable bonds is 4. The van der Waals surface area contributed by atoms with Crippen LogP contribution < -0.4 is 11.1 Å². The Hall–Kier alpha value is -2.44. The number of nitrogens with two attached hydrogens (primary N) is 1. The lowest BCUT2D eigenvalue weighted by atomic mass is 10.0. The summed E-state index contributed by atoms with van der Waals surface area (Å²) in [7, 11) is 0. The number of nitrogens with zero attached hydrogens (tertiary/aromatic N) is 1. The van der Waals surface area contributed by atoms with Crippen molar-refractivity contribution in [2.75, 3.05) is 0 Å². The fourth-order valence-corrected chi connectivity index (χ4v) is 1.11. The number of hydrogen-bond donors (Lipinski definition) is 3. The standard InChI is InChI=1S/C11H13N3O4/c1-11(2,10(12)18)14-8(15)6-3-4-13-7(5-6)9(16)17/h3-5H,1-2H3,(H2,12,18)(H,14,15)(H,16,17). The van der Waals surface area contributed by atoms with E-state index < -0.39 is 23.3 Å². The van der Waals surface area contributed by atoms with Crippen LogP contribution in [0.5, 0.6) is 0 Å². The van der Waals surface area contributed by atoms with E-state index in [1.165, 1.54) is 26.1 Å². The monoisotopic (exact) mass is 251 g/mol. The lowest BCUT2D eigenvalue weighted by Crippen LogP contribution is -2.53. The van der Waals surface area contributed by atoms with Crippen LogP contribution in [0.15, 0.2) is 18.3 Å². The summed E-state index contributed by atoms with van der Waals surface area (Å²) in [5.41, 5.74) is 3.74. The van der Waals surface area contributed by atoms with Crippen LogP contribution in [0.1, 0.15) is 34.7 Å². The Bertz CT molecular complexity index is 511. The van der Waals surface area contributed by atoms with Crippen molar-refractivity contribution in [1.82, 2.24) is 10.3 Å². The van der Waals surface area contributed by atoms with Crippen LogP contribution in [0.3, 0.4) is 0 Å². The molecule has 0 aromatic carbocycles. The molecule has 1 heterocycles. The molecular formula is C11H13N3O4. The molecule has 4 N–H and O–H groups in total. The second-order valence-electron chi connectivity index (χ2n) is 4.18. The summed E-state index contributed by atoms with van der Waals surface area (Å²) in [4.78, 5) is 37.1. The van der Waals surface area contributed by atoms with Gasteiger partial charge in [0.15, 0.2) is 0 Å². The van der Waals surface area contributed by atoms with E-state index in [0.29, 0.717) is 0 Å². The molecule has 7 nitrogen and oxygen atoms in total. The molecule has 0 fully saturated rings. The largest absolute Gasteiger partial charge is 0.477 e. The van der Waals surface area contributed by atoms with E-state index in [4.69, 9.17) is 10.8 Å². The summed E-state index contributed by atoms with van der Waals surface area (Å²) in [6.07, 6.45) is 1.20. The molecule has 0 unspecified atom stereocenters. The predicted octanol–water partition coefficient (Wildman–Crippen LogP) is -0.227. The summed E-state index contributed by atoms with van der Waals surface area (Å²) < 4.78 is 0. The number of hydrogen-bond acceptors (Lipinski definition) is 4. The molecule has 0 aliphatic rings. The van der Waals surface area contributed by atoms with Gasteiger partial charge in [-0.3, -0.25) is 9.59 Å². The number of aromatic nitrogens is 1. The molecule has 1 rings (SSSR count). The SMILES string of the molecule is CC(C)(NC(=O)c1ccnc(C(=O)O)c1)C(N)=O. The number of pyridine rings is 1. The maximum Gasteiger partial charge on any atom is 0.354 e. The van der Waals surface area contributed by atoms with Gasteiger partial charge in [0.2, 0.25) is 5.91 Å². The molecule has 0 saturated carbocycles. The average Bonchev–Trinajstić information content (AvgIpc) is 2.28. The molecule has 0 saturated heterocycles. The van der Waals surface area contributed by atoms with E-state index in [0.717, 1.165) is 6.07 Å². The highest BCUT2D eigenvalue weighted by Crippen LogP contribution is 2.06. The van der Waals surface area contributed by atoms with Gasteiger partial charge >= 0.3 is 5.97 Å². The van der Waals surface area contributed by atoms with Gasteiger partial charge in [0.25, 0.3) is 5.91 Å². The maximum absolute atomic E-state index is 11.8. The van der Waals surface area contributed by atoms with Crippen LogP contribution in [0.2, 0.25) is 0 Å². The van der Waals surface area contributed by atoms with E-state index in [1.807, 2.05) is 0 Å². The van der Waals surface area contributed by atoms with E-state index in [-0.39, 0.29) is 11.3 Å². The number of aromatic carboxylic acids is 1. The number of carbonyl (C=O) groups is 3. The Morgan fingerprint density at radius 1 is 1.39 bits per heavy atom. The van der Waals surface area contributed by atoms with Gasteiger partial charge in [-0.1, -0.05) is 0 Å². The number of carbonyl (C=O) groups excluding carboxylic acids is 2. The van der Waals surface area contributed by atoms with E-state index >= 15 is 0 Å². The molecule has 1 aromatic heterocycles. The van der Waals surface area contributed by atoms with Crippen molar-refractivity contribution in [3.8, 4) is 0 Å². The third-order valence-electron chi connectivity index (χ3n) is 2.28. The van der Waals surface area contributed by atoms with Gasteiger partial charge in [0, 0.05) is 11.8 Å². The van der Waals surface area contributed by atoms with Gasteiger partial charge in [-0.15, -0.1) is 0 Å². The van der Waals surface area contributed by atoms with Gasteiger partial charge in [-0.05, 0) is 26.0 Å². The Kier molecular flexibility index (Phi) is 3.65. The Balaban J connectivity index is 2.95. The Labute approximate surface area is 103 Å². The number of carboxylic acids is 1. The van der Waals surface area contributed by atoms with Crippen molar-refractivity contribution in [2.45, 2.75) is 19.4 Å². The van der Waals surface area contributed by atoms with Crippen LogP contribution in [0.25, 0.3) is 0 Å². The fourth-order valence-electron chi connectivity index (χ4n) is 1.11. The molecule has 0 atom stereocenters. The van der Waals surface area contributed by atoms with Gasteiger partial charge in [0.1, 0.15) is 11.2 Å². The summed E-state index contributed by atoms with van der Waals surface area (Å²) >= 11 is 0. The van der Waals surface area contributed by atoms with E-state index in [2.05, 4.69) is 10.3 Å². The summed E-state index contributed by atoms with van der Waals surface area (Å²) in [5.74, 6) is -2.52. The van der Waals surface area contributed by atoms with Gasteiger partial charge < -0.3 is 16.2 Å². The summed E-state index contributed by atoms with van der Waals surface area (Å²) in [5, 5.41) is 11.1. The van der Waals surface area contributed by atoms with Crippen molar-refractivity contribution in [3.63, 3.8) is 0 Å². The third kappa shape index (κ3) is 3.03. The smallest absolute Gasteiger partial charge is 0.354 e. The molecule has 7 heteroatoms. The Morgan fingerprint density at radius 3 is 2.50 bits per heavy atom. The van der Waals surface area contributed by atoms with Crippen molar-refractivity contribution in [3.05, 3.63) is 29.6 Å². The van der Waals surface area contributed by atoms with Crippen molar-refractivity contribution in [2.24, 2.45) is 5.73 Å². The van der Waals surface area contributed by atoms with Gasteiger partial charge in [0.05, 0.1) is 0 Å². The molecule has 96 valence electrons. The molecule has 18 heavy (non-hydrogen) atoms. The average molecular weight is 251 g/mol. The fraction of sp³-hybridized carbons (Fsp3) is 0.273. The number of carboxylic acid groups (broad SMARTS) is 1. The second-order valence-corrected chi connectivity index (χ2v) is 4.18. The van der Waals surface area contributed by atoms with E-state index in [9.17, 15) is 14.4 Å². The first-order valence-electron chi connectivity index (χ1n) is 5.06. The first-order valence-corrected chi connectivity index (χ1v) is 5.06. The molecule has 0 bridgehead atoms. The third-order valence-corrected chi connectivity index (χ3v) is 2.28. The quantitative estimate of drug-likeness (QED) is 0.682. The lowest BCUT2D eigenvalue weighted by molar-refractivity contribution is -0.122. The minimum Gasteiger partial charge on any atom is -0.477 e. The first-order chi connectivity index (χ1) is 8.24. The lowest BCUT2D eigenvalue weighted by Gasteiger charge is -2.22. The number of amides is 2. The topological polar surface area (TPSA) is 122 Å². The summed E-state index contributed by atoms with van der Waals surface area (Å²) in [6, 6.07) is 2.47.